The number of H-pyrrole nitrogens is 2. The van der Waals surface area contributed by atoms with Crippen LogP contribution < -0.4 is 10.6 Å². The van der Waals surface area contributed by atoms with E-state index in [0.717, 1.165) is 0 Å². The quantitative estimate of drug-likeness (QED) is 0.203. The van der Waals surface area contributed by atoms with E-state index >= 15 is 0 Å². The molecule has 0 aliphatic heterocycles. The van der Waals surface area contributed by atoms with Crippen LogP contribution in [0, 0.1) is 9.54 Å². The maximum atomic E-state index is 12.5. The molecule has 4 rings (SSSR count). The fourth-order valence-electron chi connectivity index (χ4n) is 3.16. The van der Waals surface area contributed by atoms with E-state index in [1.807, 2.05) is 0 Å². The number of aromatic amines is 2. The van der Waals surface area contributed by atoms with Crippen molar-refractivity contribution in [1.29, 1.82) is 0 Å². The number of hydrogen-bond acceptors (Lipinski definition) is 8. The molecular weight excluding hydrogens is 476 g/mol. The Morgan fingerprint density at radius 1 is 0.765 bits per heavy atom. The lowest BCUT2D eigenvalue weighted by molar-refractivity contribution is 0.0939. The van der Waals surface area contributed by atoms with Crippen molar-refractivity contribution in [3.05, 3.63) is 69.2 Å². The molecule has 0 unspecified atom stereocenters. The molecular formula is C20H20N10O2S2. The van der Waals surface area contributed by atoms with Crippen LogP contribution in [-0.2, 0) is 0 Å². The Morgan fingerprint density at radius 3 is 1.59 bits per heavy atom. The summed E-state index contributed by atoms with van der Waals surface area (Å²) < 4.78 is 3.55. The van der Waals surface area contributed by atoms with Gasteiger partial charge in [0.25, 0.3) is 11.8 Å². The molecule has 34 heavy (non-hydrogen) atoms. The van der Waals surface area contributed by atoms with Crippen LogP contribution in [-0.4, -0.2) is 65.3 Å². The summed E-state index contributed by atoms with van der Waals surface area (Å²) in [7, 11) is 0. The molecule has 0 atom stereocenters. The summed E-state index contributed by atoms with van der Waals surface area (Å²) in [6.07, 6.45) is 1.41. The molecule has 12 nitrogen and oxygen atoms in total. The highest BCUT2D eigenvalue weighted by Gasteiger charge is 2.09. The maximum Gasteiger partial charge on any atom is 0.251 e. The minimum Gasteiger partial charge on any atom is -0.352 e. The van der Waals surface area contributed by atoms with Gasteiger partial charge in [0, 0.05) is 24.2 Å². The SMILES string of the molecule is O=C(NCCCCNC(=O)c1cccc(-n2[nH]nnc2=S)c1)c1cccc(-n2[nH]nnc2=S)c1. The molecule has 0 aliphatic carbocycles. The van der Waals surface area contributed by atoms with Gasteiger partial charge in [-0.2, -0.15) is 10.4 Å². The summed E-state index contributed by atoms with van der Waals surface area (Å²) in [6.45, 7) is 0.953. The van der Waals surface area contributed by atoms with Crippen molar-refractivity contribution in [2.24, 2.45) is 0 Å². The maximum absolute atomic E-state index is 12.5. The van der Waals surface area contributed by atoms with Gasteiger partial charge in [0.15, 0.2) is 0 Å². The Morgan fingerprint density at radius 2 is 1.21 bits per heavy atom. The number of benzene rings is 2. The van der Waals surface area contributed by atoms with Gasteiger partial charge >= 0.3 is 0 Å². The lowest BCUT2D eigenvalue weighted by Gasteiger charge is -2.09. The topological polar surface area (TPSA) is 151 Å². The molecule has 0 fully saturated rings. The molecule has 2 heterocycles. The van der Waals surface area contributed by atoms with E-state index in [0.29, 0.717) is 48.4 Å². The van der Waals surface area contributed by atoms with Gasteiger partial charge in [-0.05, 0) is 73.7 Å². The average molecular weight is 497 g/mol. The number of aromatic nitrogens is 8. The number of nitrogens with one attached hydrogen (secondary N) is 4. The van der Waals surface area contributed by atoms with Gasteiger partial charge in [-0.3, -0.25) is 9.59 Å². The van der Waals surface area contributed by atoms with Crippen LogP contribution >= 0.6 is 24.4 Å². The zero-order valence-electron chi connectivity index (χ0n) is 17.8. The Bertz CT molecular complexity index is 1310. The van der Waals surface area contributed by atoms with Crippen molar-refractivity contribution in [1.82, 2.24) is 51.0 Å². The van der Waals surface area contributed by atoms with E-state index in [2.05, 4.69) is 41.7 Å². The van der Waals surface area contributed by atoms with Crippen LogP contribution in [0.15, 0.2) is 48.5 Å². The zero-order chi connectivity index (χ0) is 23.9. The van der Waals surface area contributed by atoms with Crippen molar-refractivity contribution in [3.8, 4) is 11.4 Å². The van der Waals surface area contributed by atoms with Gasteiger partial charge < -0.3 is 10.6 Å². The van der Waals surface area contributed by atoms with Crippen LogP contribution in [0.3, 0.4) is 0 Å². The highest BCUT2D eigenvalue weighted by Crippen LogP contribution is 2.11. The molecule has 174 valence electrons. The van der Waals surface area contributed by atoms with Crippen molar-refractivity contribution in [2.75, 3.05) is 13.1 Å². The van der Waals surface area contributed by atoms with Gasteiger partial charge in [0.2, 0.25) is 9.54 Å². The molecule has 2 aromatic heterocycles. The standard InChI is InChI=1S/C20H20N10O2S2/c31-17(13-5-3-7-15(11-13)29-19(33)23-25-27-29)21-9-1-2-10-22-18(32)14-6-4-8-16(12-14)30-20(34)24-26-28-30/h3-8,11-12H,1-2,9-10H2,(H,21,31)(H,22,32)(H,23,27,33)(H,24,28,34). The van der Waals surface area contributed by atoms with Crippen LogP contribution in [0.2, 0.25) is 0 Å². The van der Waals surface area contributed by atoms with Crippen molar-refractivity contribution in [3.63, 3.8) is 0 Å². The lowest BCUT2D eigenvalue weighted by Crippen LogP contribution is -2.27. The van der Waals surface area contributed by atoms with Crippen LogP contribution in [0.5, 0.6) is 0 Å². The smallest absolute Gasteiger partial charge is 0.251 e. The number of hydrogen-bond donors (Lipinski definition) is 4. The first-order valence-corrected chi connectivity index (χ1v) is 11.1. The van der Waals surface area contributed by atoms with E-state index in [-0.39, 0.29) is 21.4 Å². The van der Waals surface area contributed by atoms with Gasteiger partial charge in [0.05, 0.1) is 11.4 Å². The fraction of sp³-hybridized carbons (Fsp3) is 0.200. The molecule has 4 aromatic rings. The summed E-state index contributed by atoms with van der Waals surface area (Å²) in [5.74, 6) is -0.401. The molecule has 0 bridgehead atoms. The number of rotatable bonds is 9. The third-order valence-electron chi connectivity index (χ3n) is 4.85. The number of amides is 2. The summed E-state index contributed by atoms with van der Waals surface area (Å²) in [5.41, 5.74) is 2.32. The van der Waals surface area contributed by atoms with Crippen molar-refractivity contribution < 1.29 is 9.59 Å². The van der Waals surface area contributed by atoms with Gasteiger partial charge in [-0.1, -0.05) is 32.8 Å². The van der Waals surface area contributed by atoms with E-state index in [4.69, 9.17) is 24.4 Å². The Balaban J connectivity index is 1.21. The fourth-order valence-corrected chi connectivity index (χ4v) is 3.54. The van der Waals surface area contributed by atoms with E-state index < -0.39 is 0 Å². The predicted molar refractivity (Wildman–Crippen MR) is 127 cm³/mol. The number of nitrogens with zero attached hydrogens (tertiary/aromatic N) is 6. The Hall–Kier alpha value is -4.04. The Labute approximate surface area is 203 Å². The molecule has 2 aromatic carbocycles. The van der Waals surface area contributed by atoms with Gasteiger partial charge in [0.1, 0.15) is 0 Å². The van der Waals surface area contributed by atoms with Crippen molar-refractivity contribution >= 4 is 36.3 Å². The first-order chi connectivity index (χ1) is 16.5. The predicted octanol–water partition coefficient (Wildman–Crippen LogP) is 1.90. The number of carbonyl (C=O) groups is 2. The molecule has 0 saturated carbocycles. The second kappa shape index (κ2) is 10.7. The molecule has 0 saturated heterocycles. The number of carbonyl (C=O) groups excluding carboxylic acids is 2. The minimum absolute atomic E-state index is 0.200. The summed E-state index contributed by atoms with van der Waals surface area (Å²) in [4.78, 5) is 24.9. The highest BCUT2D eigenvalue weighted by molar-refractivity contribution is 7.71. The summed E-state index contributed by atoms with van der Waals surface area (Å²) >= 11 is 10.2. The third kappa shape index (κ3) is 5.47. The zero-order valence-corrected chi connectivity index (χ0v) is 19.4. The van der Waals surface area contributed by atoms with E-state index in [1.165, 1.54) is 9.36 Å². The molecule has 0 spiro atoms. The van der Waals surface area contributed by atoms with E-state index in [9.17, 15) is 9.59 Å². The first kappa shape index (κ1) is 23.1. The summed E-state index contributed by atoms with van der Waals surface area (Å²) in [6, 6.07) is 13.9. The van der Waals surface area contributed by atoms with Crippen LogP contribution in [0.25, 0.3) is 11.4 Å². The average Bonchev–Trinajstić information content (AvgIpc) is 3.49. The summed E-state index contributed by atoms with van der Waals surface area (Å²) in [5, 5.41) is 25.8. The molecule has 14 heteroatoms. The molecule has 0 radical (unpaired) electrons. The first-order valence-electron chi connectivity index (χ1n) is 10.3. The molecule has 2 amide bonds. The Kier molecular flexibility index (Phi) is 7.29. The minimum atomic E-state index is -0.200. The van der Waals surface area contributed by atoms with Gasteiger partial charge in [-0.15, -0.1) is 0 Å². The normalized spacial score (nSPS) is 10.7. The number of unbranched alkanes of at least 4 members (excludes halogenated alkanes) is 1. The monoisotopic (exact) mass is 496 g/mol. The van der Waals surface area contributed by atoms with Crippen LogP contribution in [0.1, 0.15) is 33.6 Å². The second-order valence-corrected chi connectivity index (χ2v) is 7.89. The highest BCUT2D eigenvalue weighted by atomic mass is 32.1. The largest absolute Gasteiger partial charge is 0.352 e. The van der Waals surface area contributed by atoms with Crippen LogP contribution in [0.4, 0.5) is 0 Å². The molecule has 0 aliphatic rings. The molecule has 4 N–H and O–H groups in total. The van der Waals surface area contributed by atoms with Gasteiger partial charge in [-0.25, -0.2) is 9.36 Å². The lowest BCUT2D eigenvalue weighted by atomic mass is 10.1. The van der Waals surface area contributed by atoms with E-state index in [1.54, 1.807) is 48.5 Å². The van der Waals surface area contributed by atoms with Crippen molar-refractivity contribution in [2.45, 2.75) is 12.8 Å². The second-order valence-electron chi connectivity index (χ2n) is 7.16. The number of tetrazole rings is 2. The third-order valence-corrected chi connectivity index (χ3v) is 5.38.